The molecule has 0 unspecified atom stereocenters. The van der Waals surface area contributed by atoms with Gasteiger partial charge in [0.1, 0.15) is 11.9 Å². The summed E-state index contributed by atoms with van der Waals surface area (Å²) in [6.45, 7) is 5.18. The summed E-state index contributed by atoms with van der Waals surface area (Å²) in [6, 6.07) is 3.30. The molecule has 41 heavy (non-hydrogen) atoms. The van der Waals surface area contributed by atoms with E-state index in [-0.39, 0.29) is 42.3 Å². The van der Waals surface area contributed by atoms with Gasteiger partial charge in [0.15, 0.2) is 0 Å². The van der Waals surface area contributed by atoms with Crippen molar-refractivity contribution in [3.05, 3.63) is 53.9 Å². The quantitative estimate of drug-likeness (QED) is 0.588. The number of aromatic nitrogens is 2. The van der Waals surface area contributed by atoms with Gasteiger partial charge in [-0.3, -0.25) is 19.2 Å². The number of carbonyl (C=O) groups excluding carboxylic acids is 4. The summed E-state index contributed by atoms with van der Waals surface area (Å²) in [7, 11) is 0. The van der Waals surface area contributed by atoms with E-state index in [1.54, 1.807) is 29.6 Å². The predicted octanol–water partition coefficient (Wildman–Crippen LogP) is 2.14. The van der Waals surface area contributed by atoms with E-state index in [9.17, 15) is 23.6 Å². The van der Waals surface area contributed by atoms with Gasteiger partial charge in [0, 0.05) is 44.6 Å². The lowest BCUT2D eigenvalue weighted by Gasteiger charge is -2.34. The second-order valence-electron chi connectivity index (χ2n) is 12.0. The molecule has 10 nitrogen and oxygen atoms in total. The van der Waals surface area contributed by atoms with Gasteiger partial charge in [-0.1, -0.05) is 19.9 Å². The van der Waals surface area contributed by atoms with Gasteiger partial charge in [0.05, 0.1) is 23.9 Å². The van der Waals surface area contributed by atoms with Crippen molar-refractivity contribution in [2.75, 3.05) is 26.2 Å². The lowest BCUT2D eigenvalue weighted by atomic mass is 10.00. The van der Waals surface area contributed by atoms with Crippen molar-refractivity contribution in [1.82, 2.24) is 30.0 Å². The van der Waals surface area contributed by atoms with Crippen LogP contribution >= 0.6 is 0 Å². The first-order chi connectivity index (χ1) is 19.7. The number of amides is 4. The SMILES string of the molecule is CC(C)[C@@H]1CN(C(=O)C2(Cn3ccnc3)CC2)CC(=O)NCCCc2ccc(F)c(c2)C(=O)N2CCC[C@H]2C(=O)N1. The maximum atomic E-state index is 14.8. The van der Waals surface area contributed by atoms with Crippen molar-refractivity contribution in [3.8, 4) is 0 Å². The third-order valence-electron chi connectivity index (χ3n) is 8.56. The second kappa shape index (κ2) is 12.0. The number of benzene rings is 1. The van der Waals surface area contributed by atoms with Crippen LogP contribution in [0.2, 0.25) is 0 Å². The Morgan fingerprint density at radius 2 is 2.00 bits per heavy atom. The number of imidazole rings is 1. The number of halogens is 1. The van der Waals surface area contributed by atoms with E-state index < -0.39 is 29.2 Å². The molecular formula is C30H39FN6O4. The Morgan fingerprint density at radius 3 is 2.71 bits per heavy atom. The highest BCUT2D eigenvalue weighted by atomic mass is 19.1. The molecule has 11 heteroatoms. The van der Waals surface area contributed by atoms with Crippen molar-refractivity contribution in [2.24, 2.45) is 11.3 Å². The number of hydrogen-bond donors (Lipinski definition) is 2. The zero-order chi connectivity index (χ0) is 29.1. The second-order valence-corrected chi connectivity index (χ2v) is 12.0. The summed E-state index contributed by atoms with van der Waals surface area (Å²) in [4.78, 5) is 61.2. The summed E-state index contributed by atoms with van der Waals surface area (Å²) in [5.41, 5.74) is 0.134. The van der Waals surface area contributed by atoms with E-state index in [2.05, 4.69) is 15.6 Å². The van der Waals surface area contributed by atoms with Crippen LogP contribution in [0.1, 0.15) is 61.9 Å². The number of nitrogens with one attached hydrogen (secondary N) is 2. The fourth-order valence-electron chi connectivity index (χ4n) is 5.89. The lowest BCUT2D eigenvalue weighted by Crippen LogP contribution is -2.55. The Balaban J connectivity index is 1.42. The first-order valence-electron chi connectivity index (χ1n) is 14.6. The molecule has 0 radical (unpaired) electrons. The van der Waals surface area contributed by atoms with Gasteiger partial charge in [-0.05, 0) is 62.1 Å². The van der Waals surface area contributed by atoms with Crippen LogP contribution < -0.4 is 10.6 Å². The van der Waals surface area contributed by atoms with Gasteiger partial charge in [-0.15, -0.1) is 0 Å². The van der Waals surface area contributed by atoms with Gasteiger partial charge in [-0.25, -0.2) is 9.37 Å². The fourth-order valence-corrected chi connectivity index (χ4v) is 5.89. The Hall–Kier alpha value is -3.76. The zero-order valence-corrected chi connectivity index (χ0v) is 23.8. The average Bonchev–Trinajstić information content (AvgIpc) is 3.30. The van der Waals surface area contributed by atoms with E-state index in [4.69, 9.17) is 0 Å². The van der Waals surface area contributed by atoms with Crippen molar-refractivity contribution in [3.63, 3.8) is 0 Å². The summed E-state index contributed by atoms with van der Waals surface area (Å²) < 4.78 is 16.7. The van der Waals surface area contributed by atoms with Crippen molar-refractivity contribution >= 4 is 23.6 Å². The Kier molecular flexibility index (Phi) is 8.42. The van der Waals surface area contributed by atoms with Crippen LogP contribution in [0.4, 0.5) is 4.39 Å². The van der Waals surface area contributed by atoms with E-state index in [1.807, 2.05) is 24.6 Å². The highest BCUT2D eigenvalue weighted by molar-refractivity contribution is 5.98. The molecule has 3 heterocycles. The maximum Gasteiger partial charge on any atom is 0.257 e. The lowest BCUT2D eigenvalue weighted by molar-refractivity contribution is -0.142. The molecule has 2 atom stereocenters. The van der Waals surface area contributed by atoms with Gasteiger partial charge in [-0.2, -0.15) is 0 Å². The number of rotatable bonds is 4. The van der Waals surface area contributed by atoms with Crippen LogP contribution in [-0.4, -0.2) is 81.2 Å². The minimum Gasteiger partial charge on any atom is -0.355 e. The van der Waals surface area contributed by atoms with E-state index in [0.29, 0.717) is 45.3 Å². The molecular weight excluding hydrogens is 527 g/mol. The van der Waals surface area contributed by atoms with Crippen molar-refractivity contribution < 1.29 is 23.6 Å². The third-order valence-corrected chi connectivity index (χ3v) is 8.56. The summed E-state index contributed by atoms with van der Waals surface area (Å²) in [5, 5.41) is 5.98. The fraction of sp³-hybridized carbons (Fsp3) is 0.567. The Labute approximate surface area is 239 Å². The molecule has 4 amide bonds. The van der Waals surface area contributed by atoms with E-state index >= 15 is 0 Å². The molecule has 1 saturated carbocycles. The van der Waals surface area contributed by atoms with Gasteiger partial charge < -0.3 is 25.0 Å². The van der Waals surface area contributed by atoms with Gasteiger partial charge >= 0.3 is 0 Å². The first-order valence-corrected chi connectivity index (χ1v) is 14.6. The summed E-state index contributed by atoms with van der Waals surface area (Å²) in [6.07, 6.45) is 8.86. The minimum absolute atomic E-state index is 0.0413. The largest absolute Gasteiger partial charge is 0.355 e. The number of fused-ring (bicyclic) bond motifs is 3. The normalized spacial score (nSPS) is 23.6. The number of hydrogen-bond acceptors (Lipinski definition) is 5. The average molecular weight is 567 g/mol. The summed E-state index contributed by atoms with van der Waals surface area (Å²) in [5.74, 6) is -1.87. The minimum atomic E-state index is -0.731. The third kappa shape index (κ3) is 6.44. The molecule has 0 spiro atoms. The van der Waals surface area contributed by atoms with Crippen molar-refractivity contribution in [1.29, 1.82) is 0 Å². The van der Waals surface area contributed by atoms with E-state index in [0.717, 1.165) is 18.4 Å². The molecule has 2 N–H and O–H groups in total. The molecule has 1 saturated heterocycles. The Morgan fingerprint density at radius 1 is 1.20 bits per heavy atom. The summed E-state index contributed by atoms with van der Waals surface area (Å²) >= 11 is 0. The van der Waals surface area contributed by atoms with Crippen LogP contribution in [0.5, 0.6) is 0 Å². The standard InChI is InChI=1S/C30H39FN6O4/c1-20(2)24-16-36(29(41)30(9-10-30)18-35-14-12-32-19-35)17-26(38)33-11-3-5-21-7-8-23(31)22(15-21)28(40)37-13-4-6-25(37)27(39)34-24/h7-8,12,14-15,19-20,24-25H,3-6,9-11,13,16-18H2,1-2H3,(H,33,38)(H,34,39)/t24-,25-/m0/s1. The molecule has 2 fully saturated rings. The van der Waals surface area contributed by atoms with Crippen LogP contribution in [0.15, 0.2) is 36.9 Å². The van der Waals surface area contributed by atoms with Crippen LogP contribution in [-0.2, 0) is 27.3 Å². The number of nitrogens with zero attached hydrogens (tertiary/aromatic N) is 4. The van der Waals surface area contributed by atoms with Crippen LogP contribution in [0.25, 0.3) is 0 Å². The topological polar surface area (TPSA) is 117 Å². The van der Waals surface area contributed by atoms with Gasteiger partial charge in [0.25, 0.3) is 5.91 Å². The molecule has 3 aliphatic rings. The molecule has 5 rings (SSSR count). The maximum absolute atomic E-state index is 14.8. The predicted molar refractivity (Wildman–Crippen MR) is 149 cm³/mol. The van der Waals surface area contributed by atoms with E-state index in [1.165, 1.54) is 11.0 Å². The highest BCUT2D eigenvalue weighted by Gasteiger charge is 2.52. The molecule has 2 aliphatic heterocycles. The van der Waals surface area contributed by atoms with Crippen LogP contribution in [0.3, 0.4) is 0 Å². The van der Waals surface area contributed by atoms with Crippen LogP contribution in [0, 0.1) is 17.2 Å². The molecule has 220 valence electrons. The zero-order valence-electron chi connectivity index (χ0n) is 23.8. The van der Waals surface area contributed by atoms with Crippen molar-refractivity contribution in [2.45, 2.75) is 71.0 Å². The molecule has 2 bridgehead atoms. The number of aryl methyl sites for hydroxylation is 1. The molecule has 1 aliphatic carbocycles. The molecule has 1 aromatic heterocycles. The smallest absolute Gasteiger partial charge is 0.257 e. The number of carbonyl (C=O) groups is 4. The highest BCUT2D eigenvalue weighted by Crippen LogP contribution is 2.48. The molecule has 1 aromatic carbocycles. The Bertz CT molecular complexity index is 1290. The monoisotopic (exact) mass is 566 g/mol. The molecule has 2 aromatic rings. The first kappa shape index (κ1) is 28.8. The van der Waals surface area contributed by atoms with Gasteiger partial charge in [0.2, 0.25) is 17.7 Å².